The minimum atomic E-state index is -3.74. The average molecular weight is 526 g/mol. The highest BCUT2D eigenvalue weighted by Gasteiger charge is 2.29. The van der Waals surface area contributed by atoms with Crippen molar-refractivity contribution < 1.29 is 17.6 Å². The van der Waals surface area contributed by atoms with E-state index in [4.69, 9.17) is 4.42 Å². The topological polar surface area (TPSA) is 169 Å². The number of rotatable bonds is 8. The Kier molecular flexibility index (Phi) is 6.37. The van der Waals surface area contributed by atoms with Gasteiger partial charge in [0.15, 0.2) is 5.65 Å². The smallest absolute Gasteiger partial charge is 0.321 e. The lowest BCUT2D eigenvalue weighted by Crippen LogP contribution is -2.40. The van der Waals surface area contributed by atoms with Gasteiger partial charge in [0.1, 0.15) is 4.90 Å². The first-order chi connectivity index (χ1) is 17.6. The van der Waals surface area contributed by atoms with Gasteiger partial charge in [0.05, 0.1) is 0 Å². The van der Waals surface area contributed by atoms with Crippen LogP contribution in [0.25, 0.3) is 16.8 Å². The van der Waals surface area contributed by atoms with Gasteiger partial charge in [-0.3, -0.25) is 10.3 Å². The minimum absolute atomic E-state index is 0.0598. The van der Waals surface area contributed by atoms with Crippen LogP contribution in [0.2, 0.25) is 0 Å². The third-order valence-electron chi connectivity index (χ3n) is 5.39. The van der Waals surface area contributed by atoms with Gasteiger partial charge in [-0.05, 0) is 57.4 Å². The maximum atomic E-state index is 12.7. The molecule has 4 aromatic heterocycles. The van der Waals surface area contributed by atoms with Crippen LogP contribution in [0.4, 0.5) is 10.7 Å². The van der Waals surface area contributed by atoms with Gasteiger partial charge >= 0.3 is 6.03 Å². The Morgan fingerprint density at radius 3 is 2.73 bits per heavy atom. The molecule has 0 saturated heterocycles. The fraction of sp³-hybridized carbons (Fsp3) is 0.391. The summed E-state index contributed by atoms with van der Waals surface area (Å²) in [7, 11) is -3.74. The second kappa shape index (κ2) is 9.52. The fourth-order valence-corrected chi connectivity index (χ4v) is 5.00. The van der Waals surface area contributed by atoms with Crippen molar-refractivity contribution in [3.05, 3.63) is 48.6 Å². The molecule has 0 unspecified atom stereocenters. The van der Waals surface area contributed by atoms with Crippen molar-refractivity contribution in [3.8, 4) is 11.1 Å². The maximum Gasteiger partial charge on any atom is 0.321 e. The molecule has 0 radical (unpaired) electrons. The van der Waals surface area contributed by atoms with Crippen LogP contribution in [-0.2, 0) is 16.4 Å². The number of aromatic nitrogens is 6. The molecule has 4 aromatic rings. The number of carbonyl (C=O) groups excluding carboxylic acids is 1. The molecule has 2 amide bonds. The van der Waals surface area contributed by atoms with Crippen LogP contribution < -0.4 is 15.4 Å². The number of sulfonamides is 1. The van der Waals surface area contributed by atoms with E-state index in [1.807, 2.05) is 0 Å². The van der Waals surface area contributed by atoms with Gasteiger partial charge in [-0.2, -0.15) is 4.98 Å². The molecule has 0 bridgehead atoms. The minimum Gasteiger partial charge on any atom is -0.425 e. The van der Waals surface area contributed by atoms with Gasteiger partial charge in [-0.15, -0.1) is 15.3 Å². The number of amides is 2. The Labute approximate surface area is 213 Å². The fourth-order valence-electron chi connectivity index (χ4n) is 3.59. The van der Waals surface area contributed by atoms with Gasteiger partial charge < -0.3 is 9.73 Å². The summed E-state index contributed by atoms with van der Waals surface area (Å²) in [5, 5.41) is 17.6. The summed E-state index contributed by atoms with van der Waals surface area (Å²) in [6.45, 7) is 5.62. The summed E-state index contributed by atoms with van der Waals surface area (Å²) in [4.78, 5) is 20.8. The highest BCUT2D eigenvalue weighted by atomic mass is 32.2. The molecule has 1 aliphatic rings. The van der Waals surface area contributed by atoms with Crippen LogP contribution in [0.5, 0.6) is 0 Å². The quantitative estimate of drug-likeness (QED) is 0.313. The van der Waals surface area contributed by atoms with Crippen molar-refractivity contribution in [2.24, 2.45) is 0 Å². The predicted octanol–water partition coefficient (Wildman–Crippen LogP) is 2.49. The zero-order valence-corrected chi connectivity index (χ0v) is 21.4. The largest absolute Gasteiger partial charge is 0.425 e. The van der Waals surface area contributed by atoms with Gasteiger partial charge in [-0.25, -0.2) is 22.4 Å². The number of urea groups is 1. The molecule has 0 aliphatic heterocycles. The second-order valence-corrected chi connectivity index (χ2v) is 11.5. The molecule has 0 spiro atoms. The van der Waals surface area contributed by atoms with Crippen molar-refractivity contribution in [1.82, 2.24) is 39.8 Å². The van der Waals surface area contributed by atoms with Crippen molar-refractivity contribution in [2.75, 3.05) is 11.9 Å². The summed E-state index contributed by atoms with van der Waals surface area (Å²) in [6, 6.07) is 4.57. The van der Waals surface area contributed by atoms with Crippen LogP contribution in [0.1, 0.15) is 51.3 Å². The van der Waals surface area contributed by atoms with E-state index in [9.17, 15) is 13.2 Å². The molecule has 4 heterocycles. The molecule has 1 fully saturated rings. The van der Waals surface area contributed by atoms with Gasteiger partial charge in [-0.1, -0.05) is 0 Å². The molecule has 5 rings (SSSR count). The molecule has 0 aromatic carbocycles. The molecule has 1 aliphatic carbocycles. The number of nitrogens with one attached hydrogen (secondary N) is 3. The number of fused-ring (bicyclic) bond motifs is 1. The van der Waals surface area contributed by atoms with Gasteiger partial charge in [0, 0.05) is 48.6 Å². The summed E-state index contributed by atoms with van der Waals surface area (Å²) < 4.78 is 35.1. The number of carbonyl (C=O) groups is 1. The highest BCUT2D eigenvalue weighted by Crippen LogP contribution is 2.39. The Bertz CT molecular complexity index is 1550. The third kappa shape index (κ3) is 6.09. The van der Waals surface area contributed by atoms with Crippen molar-refractivity contribution in [1.29, 1.82) is 0 Å². The van der Waals surface area contributed by atoms with E-state index in [-0.39, 0.29) is 10.8 Å². The Balaban J connectivity index is 1.23. The first-order valence-electron chi connectivity index (χ1n) is 11.8. The van der Waals surface area contributed by atoms with Crippen LogP contribution in [0, 0.1) is 0 Å². The van der Waals surface area contributed by atoms with E-state index in [1.165, 1.54) is 10.7 Å². The van der Waals surface area contributed by atoms with E-state index in [0.29, 0.717) is 47.4 Å². The summed E-state index contributed by atoms with van der Waals surface area (Å²) in [5.74, 6) is 1.66. The normalized spacial score (nSPS) is 14.1. The zero-order chi connectivity index (χ0) is 26.2. The first kappa shape index (κ1) is 24.8. The molecule has 13 nitrogen and oxygen atoms in total. The zero-order valence-electron chi connectivity index (χ0n) is 20.6. The summed E-state index contributed by atoms with van der Waals surface area (Å²) in [5.41, 5.74) is 1.13. The van der Waals surface area contributed by atoms with Crippen molar-refractivity contribution in [3.63, 3.8) is 0 Å². The van der Waals surface area contributed by atoms with Crippen molar-refractivity contribution >= 4 is 27.6 Å². The predicted molar refractivity (Wildman–Crippen MR) is 133 cm³/mol. The van der Waals surface area contributed by atoms with Crippen LogP contribution in [-0.4, -0.2) is 56.3 Å². The number of anilines is 1. The van der Waals surface area contributed by atoms with Gasteiger partial charge in [0.25, 0.3) is 5.95 Å². The highest BCUT2D eigenvalue weighted by molar-refractivity contribution is 7.89. The number of pyridine rings is 2. The average Bonchev–Trinajstić information content (AvgIpc) is 3.43. The second-order valence-electron chi connectivity index (χ2n) is 9.86. The Morgan fingerprint density at radius 2 is 1.97 bits per heavy atom. The first-order valence-corrected chi connectivity index (χ1v) is 13.3. The monoisotopic (exact) mass is 525 g/mol. The number of hydrogen-bond donors (Lipinski definition) is 3. The lowest BCUT2D eigenvalue weighted by molar-refractivity contribution is 0.252. The van der Waals surface area contributed by atoms with Crippen LogP contribution in [0.15, 0.2) is 46.1 Å². The number of nitrogens with zero attached hydrogens (tertiary/aromatic N) is 6. The van der Waals surface area contributed by atoms with E-state index < -0.39 is 21.6 Å². The molecule has 14 heteroatoms. The number of hydrogen-bond acceptors (Lipinski definition) is 9. The molecular weight excluding hydrogens is 498 g/mol. The SMILES string of the molecule is CC(C)(C)NS(=O)(=O)c1cncc(-c2ccn3nc(NC(=O)NCCc4nnc(C5CC5)o4)nc3c2)c1. The van der Waals surface area contributed by atoms with E-state index in [0.717, 1.165) is 12.8 Å². The third-order valence-corrected chi connectivity index (χ3v) is 7.12. The molecule has 194 valence electrons. The molecule has 37 heavy (non-hydrogen) atoms. The standard InChI is InChI=1S/C23H27N9O4S/c1-23(2,3)31-37(34,35)17-10-16(12-24-13-17)15-7-9-32-18(11-15)26-21(30-32)27-22(33)25-8-6-19-28-29-20(36-19)14-4-5-14/h7,9-14,31H,4-6,8H2,1-3H3,(H2,25,27,30,33). The van der Waals surface area contributed by atoms with Gasteiger partial charge in [0.2, 0.25) is 21.8 Å². The Hall–Kier alpha value is -3.91. The molecule has 3 N–H and O–H groups in total. The Morgan fingerprint density at radius 1 is 1.16 bits per heavy atom. The van der Waals surface area contributed by atoms with Crippen LogP contribution in [0.3, 0.4) is 0 Å². The molecule has 1 saturated carbocycles. The van der Waals surface area contributed by atoms with E-state index in [2.05, 4.69) is 40.6 Å². The lowest BCUT2D eigenvalue weighted by Gasteiger charge is -2.20. The summed E-state index contributed by atoms with van der Waals surface area (Å²) >= 11 is 0. The maximum absolute atomic E-state index is 12.7. The van der Waals surface area contributed by atoms with E-state index >= 15 is 0 Å². The lowest BCUT2D eigenvalue weighted by atomic mass is 10.1. The molecular formula is C23H27N9O4S. The summed E-state index contributed by atoms with van der Waals surface area (Å²) in [6.07, 6.45) is 7.12. The van der Waals surface area contributed by atoms with Crippen molar-refractivity contribution in [2.45, 2.75) is 56.4 Å². The van der Waals surface area contributed by atoms with Crippen LogP contribution >= 0.6 is 0 Å². The van der Waals surface area contributed by atoms with E-state index in [1.54, 1.807) is 51.4 Å². The molecule has 0 atom stereocenters.